The number of aryl methyl sites for hydroxylation is 2. The molecule has 3 N–H and O–H groups in total. The molecule has 2 aromatic heterocycles. The van der Waals surface area contributed by atoms with Crippen LogP contribution >= 0.6 is 0 Å². The predicted octanol–water partition coefficient (Wildman–Crippen LogP) is 1.76. The molecule has 0 radical (unpaired) electrons. The number of hydrogen-bond donors (Lipinski definition) is 2. The Balaban J connectivity index is 2.06. The van der Waals surface area contributed by atoms with Crippen molar-refractivity contribution in [2.24, 2.45) is 7.05 Å². The lowest BCUT2D eigenvalue weighted by Crippen LogP contribution is -2.29. The molecule has 0 atom stereocenters. The zero-order valence-corrected chi connectivity index (χ0v) is 13.4. The van der Waals surface area contributed by atoms with Crippen molar-refractivity contribution in [3.05, 3.63) is 20.8 Å². The normalized spacial score (nSPS) is 11.4. The number of H-pyrrole nitrogens is 1. The van der Waals surface area contributed by atoms with Gasteiger partial charge in [-0.15, -0.1) is 0 Å². The van der Waals surface area contributed by atoms with E-state index in [0.717, 1.165) is 12.8 Å². The molecular weight excluding hydrogens is 282 g/mol. The number of nitrogen functional groups attached to an aromatic ring is 1. The SMILES string of the molecule is CCCCCCCCCn1c(N)nc2c1c(=O)[nH]c(=O)n2C. The van der Waals surface area contributed by atoms with Gasteiger partial charge in [-0.2, -0.15) is 4.98 Å². The van der Waals surface area contributed by atoms with Crippen LogP contribution in [-0.2, 0) is 13.6 Å². The molecule has 0 fully saturated rings. The third kappa shape index (κ3) is 3.40. The minimum Gasteiger partial charge on any atom is -0.369 e. The van der Waals surface area contributed by atoms with Crippen molar-refractivity contribution in [2.45, 2.75) is 58.4 Å². The second kappa shape index (κ2) is 7.29. The minimum absolute atomic E-state index is 0.285. The summed E-state index contributed by atoms with van der Waals surface area (Å²) in [6.45, 7) is 2.86. The van der Waals surface area contributed by atoms with Gasteiger partial charge in [0.25, 0.3) is 5.56 Å². The fourth-order valence-corrected chi connectivity index (χ4v) is 2.70. The Morgan fingerprint density at radius 3 is 2.41 bits per heavy atom. The minimum atomic E-state index is -0.474. The van der Waals surface area contributed by atoms with E-state index < -0.39 is 11.2 Å². The van der Waals surface area contributed by atoms with Crippen LogP contribution in [0.3, 0.4) is 0 Å². The van der Waals surface area contributed by atoms with Crippen LogP contribution in [0.2, 0.25) is 0 Å². The number of aromatic amines is 1. The zero-order valence-electron chi connectivity index (χ0n) is 13.4. The van der Waals surface area contributed by atoms with Gasteiger partial charge >= 0.3 is 5.69 Å². The fourth-order valence-electron chi connectivity index (χ4n) is 2.70. The molecule has 0 amide bonds. The summed E-state index contributed by atoms with van der Waals surface area (Å²) in [5.74, 6) is 0.285. The van der Waals surface area contributed by atoms with Crippen LogP contribution in [0.4, 0.5) is 5.95 Å². The second-order valence-electron chi connectivity index (χ2n) is 5.73. The van der Waals surface area contributed by atoms with Gasteiger partial charge in [0.05, 0.1) is 0 Å². The Labute approximate surface area is 129 Å². The largest absolute Gasteiger partial charge is 0.369 e. The molecule has 0 aliphatic heterocycles. The molecule has 7 nitrogen and oxygen atoms in total. The Morgan fingerprint density at radius 1 is 1.09 bits per heavy atom. The van der Waals surface area contributed by atoms with Gasteiger partial charge < -0.3 is 10.3 Å². The summed E-state index contributed by atoms with van der Waals surface area (Å²) < 4.78 is 3.02. The first kappa shape index (κ1) is 16.3. The quantitative estimate of drug-likeness (QED) is 0.726. The van der Waals surface area contributed by atoms with E-state index in [9.17, 15) is 9.59 Å². The highest BCUT2D eigenvalue weighted by Crippen LogP contribution is 2.14. The Morgan fingerprint density at radius 2 is 1.73 bits per heavy atom. The molecule has 0 aliphatic rings. The third-order valence-corrected chi connectivity index (χ3v) is 4.02. The maximum atomic E-state index is 12.0. The van der Waals surface area contributed by atoms with E-state index in [1.807, 2.05) is 0 Å². The average Bonchev–Trinajstić information content (AvgIpc) is 2.81. The molecule has 0 spiro atoms. The van der Waals surface area contributed by atoms with Crippen molar-refractivity contribution >= 4 is 17.1 Å². The topological polar surface area (TPSA) is 98.7 Å². The first-order valence-electron chi connectivity index (χ1n) is 8.01. The fraction of sp³-hybridized carbons (Fsp3) is 0.667. The summed E-state index contributed by atoms with van der Waals surface area (Å²) in [4.78, 5) is 30.0. The van der Waals surface area contributed by atoms with Gasteiger partial charge in [-0.1, -0.05) is 45.4 Å². The molecule has 0 aromatic carbocycles. The number of imidazole rings is 1. The Bertz CT molecular complexity index is 741. The second-order valence-corrected chi connectivity index (χ2v) is 5.73. The molecule has 2 rings (SSSR count). The number of nitrogens with zero attached hydrogens (tertiary/aromatic N) is 3. The number of rotatable bonds is 8. The molecule has 0 saturated heterocycles. The van der Waals surface area contributed by atoms with Crippen molar-refractivity contribution in [2.75, 3.05) is 5.73 Å². The lowest BCUT2D eigenvalue weighted by atomic mass is 10.1. The first-order chi connectivity index (χ1) is 10.6. The number of hydrogen-bond acceptors (Lipinski definition) is 4. The van der Waals surface area contributed by atoms with Crippen LogP contribution in [0.5, 0.6) is 0 Å². The van der Waals surface area contributed by atoms with Crippen molar-refractivity contribution in [3.8, 4) is 0 Å². The van der Waals surface area contributed by atoms with Crippen LogP contribution in [0.25, 0.3) is 11.2 Å². The van der Waals surface area contributed by atoms with Crippen molar-refractivity contribution in [1.29, 1.82) is 0 Å². The summed E-state index contributed by atoms with van der Waals surface area (Å²) in [5.41, 5.74) is 5.73. The highest BCUT2D eigenvalue weighted by Gasteiger charge is 2.14. The molecule has 0 saturated carbocycles. The molecule has 22 heavy (non-hydrogen) atoms. The van der Waals surface area contributed by atoms with Crippen LogP contribution < -0.4 is 17.0 Å². The van der Waals surface area contributed by atoms with Crippen molar-refractivity contribution < 1.29 is 0 Å². The average molecular weight is 307 g/mol. The number of aromatic nitrogens is 4. The summed E-state index contributed by atoms with van der Waals surface area (Å²) in [5, 5.41) is 0. The van der Waals surface area contributed by atoms with Gasteiger partial charge in [-0.25, -0.2) is 4.79 Å². The molecule has 2 heterocycles. The summed E-state index contributed by atoms with van der Waals surface area (Å²) in [6, 6.07) is 0. The van der Waals surface area contributed by atoms with Gasteiger partial charge in [0.15, 0.2) is 11.2 Å². The van der Waals surface area contributed by atoms with E-state index in [1.54, 1.807) is 11.6 Å². The number of nitrogens with two attached hydrogens (primary N) is 1. The standard InChI is InChI=1S/C15H25N5O2/c1-3-4-5-6-7-8-9-10-20-11-12(17-14(20)16)19(2)15(22)18-13(11)21/h3-10H2,1-2H3,(H2,16,17)(H,18,21,22). The molecule has 7 heteroatoms. The maximum Gasteiger partial charge on any atom is 0.329 e. The van der Waals surface area contributed by atoms with Gasteiger partial charge in [-0.3, -0.25) is 14.3 Å². The van der Waals surface area contributed by atoms with Crippen molar-refractivity contribution in [3.63, 3.8) is 0 Å². The lowest BCUT2D eigenvalue weighted by molar-refractivity contribution is 0.557. The van der Waals surface area contributed by atoms with E-state index in [0.29, 0.717) is 17.7 Å². The summed E-state index contributed by atoms with van der Waals surface area (Å²) >= 11 is 0. The lowest BCUT2D eigenvalue weighted by Gasteiger charge is -2.06. The Kier molecular flexibility index (Phi) is 5.41. The van der Waals surface area contributed by atoms with Gasteiger partial charge in [0.1, 0.15) is 0 Å². The van der Waals surface area contributed by atoms with E-state index in [-0.39, 0.29) is 5.95 Å². The smallest absolute Gasteiger partial charge is 0.329 e. The van der Waals surface area contributed by atoms with E-state index in [2.05, 4.69) is 16.9 Å². The van der Waals surface area contributed by atoms with E-state index in [4.69, 9.17) is 5.73 Å². The zero-order chi connectivity index (χ0) is 16.1. The number of fused-ring (bicyclic) bond motifs is 1. The van der Waals surface area contributed by atoms with Crippen LogP contribution in [0.1, 0.15) is 51.9 Å². The van der Waals surface area contributed by atoms with Gasteiger partial charge in [0.2, 0.25) is 5.95 Å². The maximum absolute atomic E-state index is 12.0. The molecule has 0 bridgehead atoms. The van der Waals surface area contributed by atoms with Gasteiger partial charge in [0, 0.05) is 13.6 Å². The first-order valence-corrected chi connectivity index (χ1v) is 8.01. The monoisotopic (exact) mass is 307 g/mol. The predicted molar refractivity (Wildman–Crippen MR) is 88.0 cm³/mol. The van der Waals surface area contributed by atoms with E-state index >= 15 is 0 Å². The molecular formula is C15H25N5O2. The molecule has 2 aromatic rings. The Hall–Kier alpha value is -2.05. The van der Waals surface area contributed by atoms with Crippen LogP contribution in [-0.4, -0.2) is 19.1 Å². The van der Waals surface area contributed by atoms with Gasteiger partial charge in [-0.05, 0) is 6.42 Å². The number of unbranched alkanes of at least 4 members (excludes halogenated alkanes) is 6. The molecule has 0 unspecified atom stereocenters. The molecule has 0 aliphatic carbocycles. The van der Waals surface area contributed by atoms with Crippen LogP contribution in [0, 0.1) is 0 Å². The highest BCUT2D eigenvalue weighted by atomic mass is 16.2. The summed E-state index contributed by atoms with van der Waals surface area (Å²) in [6.07, 6.45) is 8.33. The number of nitrogens with one attached hydrogen (secondary N) is 1. The van der Waals surface area contributed by atoms with Crippen LogP contribution in [0.15, 0.2) is 9.59 Å². The third-order valence-electron chi connectivity index (χ3n) is 4.02. The van der Waals surface area contributed by atoms with E-state index in [1.165, 1.54) is 36.7 Å². The van der Waals surface area contributed by atoms with Crippen molar-refractivity contribution in [1.82, 2.24) is 19.1 Å². The molecule has 122 valence electrons. The number of anilines is 1. The highest BCUT2D eigenvalue weighted by molar-refractivity contribution is 5.73. The summed E-state index contributed by atoms with van der Waals surface area (Å²) in [7, 11) is 1.57.